The molecule has 148 valence electrons. The molecule has 0 amide bonds. The van der Waals surface area contributed by atoms with Crippen molar-refractivity contribution in [3.05, 3.63) is 58.6 Å². The zero-order chi connectivity index (χ0) is 20.0. The lowest BCUT2D eigenvalue weighted by molar-refractivity contribution is -0.0498. The van der Waals surface area contributed by atoms with Crippen LogP contribution in [0.5, 0.6) is 5.75 Å². The molecule has 5 nitrogen and oxygen atoms in total. The van der Waals surface area contributed by atoms with E-state index in [0.29, 0.717) is 0 Å². The van der Waals surface area contributed by atoms with Gasteiger partial charge in [-0.15, -0.1) is 0 Å². The van der Waals surface area contributed by atoms with Gasteiger partial charge in [0.1, 0.15) is 5.75 Å². The molecule has 0 radical (unpaired) electrons. The van der Waals surface area contributed by atoms with E-state index in [9.17, 15) is 17.2 Å². The van der Waals surface area contributed by atoms with Gasteiger partial charge in [-0.1, -0.05) is 42.8 Å². The van der Waals surface area contributed by atoms with Crippen molar-refractivity contribution in [3.63, 3.8) is 0 Å². The summed E-state index contributed by atoms with van der Waals surface area (Å²) in [5.41, 5.74) is 1.89. The fourth-order valence-electron chi connectivity index (χ4n) is 2.36. The van der Waals surface area contributed by atoms with Crippen LogP contribution in [0, 0.1) is 0 Å². The summed E-state index contributed by atoms with van der Waals surface area (Å²) in [5.74, 6) is -0.279. The van der Waals surface area contributed by atoms with E-state index in [0.717, 1.165) is 36.3 Å². The van der Waals surface area contributed by atoms with Gasteiger partial charge in [-0.3, -0.25) is 0 Å². The first-order valence-electron chi connectivity index (χ1n) is 8.21. The molecule has 0 aliphatic heterocycles. The van der Waals surface area contributed by atoms with E-state index in [1.165, 1.54) is 6.07 Å². The van der Waals surface area contributed by atoms with E-state index in [2.05, 4.69) is 21.3 Å². The predicted molar refractivity (Wildman–Crippen MR) is 101 cm³/mol. The lowest BCUT2D eigenvalue weighted by Gasteiger charge is -2.14. The van der Waals surface area contributed by atoms with Crippen LogP contribution in [-0.2, 0) is 23.1 Å². The maximum Gasteiger partial charge on any atom is 0.387 e. The van der Waals surface area contributed by atoms with Crippen molar-refractivity contribution in [2.45, 2.75) is 31.5 Å². The van der Waals surface area contributed by atoms with E-state index >= 15 is 0 Å². The number of alkyl halides is 2. The number of nitrogens with zero attached hydrogens (tertiary/aromatic N) is 1. The van der Waals surface area contributed by atoms with Gasteiger partial charge in [0.25, 0.3) is 0 Å². The van der Waals surface area contributed by atoms with Crippen LogP contribution in [0.25, 0.3) is 0 Å². The number of sulfonamides is 1. The Kier molecular flexibility index (Phi) is 7.55. The van der Waals surface area contributed by atoms with Crippen LogP contribution in [0.2, 0.25) is 5.02 Å². The summed E-state index contributed by atoms with van der Waals surface area (Å²) in [6.07, 6.45) is 0. The molecule has 27 heavy (non-hydrogen) atoms. The Bertz CT molecular complexity index is 879. The Morgan fingerprint density at radius 3 is 2.52 bits per heavy atom. The maximum absolute atomic E-state index is 12.4. The summed E-state index contributed by atoms with van der Waals surface area (Å²) in [6, 6.07) is 10.9. The SMILES string of the molecule is CCN(C)Cc1cccc(CNS(=O)(=O)c2ccc(OC(F)F)c(Cl)c2)c1. The third-order valence-corrected chi connectivity index (χ3v) is 5.57. The van der Waals surface area contributed by atoms with Crippen LogP contribution in [0.15, 0.2) is 47.4 Å². The van der Waals surface area contributed by atoms with Gasteiger partial charge in [0, 0.05) is 13.1 Å². The van der Waals surface area contributed by atoms with Crippen molar-refractivity contribution >= 4 is 21.6 Å². The minimum Gasteiger partial charge on any atom is -0.433 e. The first-order chi connectivity index (χ1) is 12.7. The molecule has 0 fully saturated rings. The minimum atomic E-state index is -3.85. The molecular formula is C18H21ClF2N2O3S. The summed E-state index contributed by atoms with van der Waals surface area (Å²) in [4.78, 5) is 2.00. The molecule has 0 heterocycles. The third-order valence-electron chi connectivity index (χ3n) is 3.88. The fourth-order valence-corrected chi connectivity index (χ4v) is 3.70. The van der Waals surface area contributed by atoms with E-state index in [1.807, 2.05) is 31.3 Å². The maximum atomic E-state index is 12.4. The summed E-state index contributed by atoms with van der Waals surface area (Å²) in [6.45, 7) is 0.781. The van der Waals surface area contributed by atoms with Crippen LogP contribution >= 0.6 is 11.6 Å². The number of hydrogen-bond donors (Lipinski definition) is 1. The number of benzene rings is 2. The van der Waals surface area contributed by atoms with Crippen LogP contribution in [0.4, 0.5) is 8.78 Å². The Morgan fingerprint density at radius 1 is 1.19 bits per heavy atom. The standard InChI is InChI=1S/C18H21ClF2N2O3S/c1-3-23(2)12-14-6-4-5-13(9-14)11-22-27(24,25)15-7-8-17(16(19)10-15)26-18(20)21/h4-10,18,22H,3,11-12H2,1-2H3. The minimum absolute atomic E-state index is 0.0961. The average molecular weight is 419 g/mol. The molecule has 0 aliphatic carbocycles. The Hall–Kier alpha value is -1.74. The molecule has 2 aromatic carbocycles. The van der Waals surface area contributed by atoms with Gasteiger partial charge in [-0.25, -0.2) is 13.1 Å². The van der Waals surface area contributed by atoms with E-state index < -0.39 is 16.6 Å². The zero-order valence-corrected chi connectivity index (χ0v) is 16.5. The van der Waals surface area contributed by atoms with Crippen molar-refractivity contribution in [1.82, 2.24) is 9.62 Å². The topological polar surface area (TPSA) is 58.6 Å². The van der Waals surface area contributed by atoms with Crippen molar-refractivity contribution in [1.29, 1.82) is 0 Å². The number of ether oxygens (including phenoxy) is 1. The van der Waals surface area contributed by atoms with Crippen molar-refractivity contribution in [2.24, 2.45) is 0 Å². The van der Waals surface area contributed by atoms with Crippen LogP contribution in [0.1, 0.15) is 18.1 Å². The molecule has 0 atom stereocenters. The van der Waals surface area contributed by atoms with Crippen molar-refractivity contribution in [3.8, 4) is 5.75 Å². The quantitative estimate of drug-likeness (QED) is 0.671. The van der Waals surface area contributed by atoms with Gasteiger partial charge in [0.05, 0.1) is 9.92 Å². The summed E-state index contributed by atoms with van der Waals surface area (Å²) >= 11 is 5.82. The van der Waals surface area contributed by atoms with E-state index in [-0.39, 0.29) is 22.2 Å². The van der Waals surface area contributed by atoms with E-state index in [1.54, 1.807) is 0 Å². The summed E-state index contributed by atoms with van der Waals surface area (Å²) in [5, 5.41) is -0.206. The van der Waals surface area contributed by atoms with Gasteiger partial charge in [-0.05, 0) is 42.9 Å². The molecule has 0 spiro atoms. The third kappa shape index (κ3) is 6.42. The Morgan fingerprint density at radius 2 is 1.89 bits per heavy atom. The largest absolute Gasteiger partial charge is 0.433 e. The van der Waals surface area contributed by atoms with Gasteiger partial charge in [-0.2, -0.15) is 8.78 Å². The molecule has 2 rings (SSSR count). The molecule has 0 aliphatic rings. The number of halogens is 3. The highest BCUT2D eigenvalue weighted by Gasteiger charge is 2.17. The molecule has 0 aromatic heterocycles. The van der Waals surface area contributed by atoms with Gasteiger partial charge < -0.3 is 9.64 Å². The highest BCUT2D eigenvalue weighted by Crippen LogP contribution is 2.28. The van der Waals surface area contributed by atoms with Gasteiger partial charge in [0.15, 0.2) is 0 Å². The smallest absolute Gasteiger partial charge is 0.387 e. The molecule has 0 bridgehead atoms. The Balaban J connectivity index is 2.09. The van der Waals surface area contributed by atoms with Gasteiger partial charge in [0.2, 0.25) is 10.0 Å². The monoisotopic (exact) mass is 418 g/mol. The van der Waals surface area contributed by atoms with Gasteiger partial charge >= 0.3 is 6.61 Å². The first-order valence-corrected chi connectivity index (χ1v) is 10.1. The molecule has 1 N–H and O–H groups in total. The van der Waals surface area contributed by atoms with E-state index in [4.69, 9.17) is 11.6 Å². The molecule has 0 saturated carbocycles. The van der Waals surface area contributed by atoms with Crippen LogP contribution in [0.3, 0.4) is 0 Å². The molecule has 2 aromatic rings. The normalized spacial score (nSPS) is 12.0. The molecule has 0 unspecified atom stereocenters. The second-order valence-electron chi connectivity index (χ2n) is 5.95. The van der Waals surface area contributed by atoms with Crippen molar-refractivity contribution < 1.29 is 21.9 Å². The number of rotatable bonds is 9. The lowest BCUT2D eigenvalue weighted by Crippen LogP contribution is -2.23. The summed E-state index contributed by atoms with van der Waals surface area (Å²) < 4.78 is 56.1. The highest BCUT2D eigenvalue weighted by atomic mass is 35.5. The zero-order valence-electron chi connectivity index (χ0n) is 15.0. The molecular weight excluding hydrogens is 398 g/mol. The first kappa shape index (κ1) is 21.6. The van der Waals surface area contributed by atoms with Crippen LogP contribution < -0.4 is 9.46 Å². The van der Waals surface area contributed by atoms with Crippen molar-refractivity contribution in [2.75, 3.05) is 13.6 Å². The fraction of sp³-hybridized carbons (Fsp3) is 0.333. The predicted octanol–water partition coefficient (Wildman–Crippen LogP) is 3.87. The average Bonchev–Trinajstić information content (AvgIpc) is 2.61. The molecule has 0 saturated heterocycles. The van der Waals surface area contributed by atoms with Crippen LogP contribution in [-0.4, -0.2) is 33.5 Å². The highest BCUT2D eigenvalue weighted by molar-refractivity contribution is 7.89. The Labute approximate surface area is 162 Å². The number of hydrogen-bond acceptors (Lipinski definition) is 4. The lowest BCUT2D eigenvalue weighted by atomic mass is 10.1. The summed E-state index contributed by atoms with van der Waals surface area (Å²) in [7, 11) is -1.85. The number of nitrogens with one attached hydrogen (secondary N) is 1. The second-order valence-corrected chi connectivity index (χ2v) is 8.12. The molecule has 9 heteroatoms. The second kappa shape index (κ2) is 9.45.